The molecule has 0 fully saturated rings. The lowest BCUT2D eigenvalue weighted by Gasteiger charge is -2.43. The van der Waals surface area contributed by atoms with E-state index in [4.69, 9.17) is 26.1 Å². The molecule has 2 aliphatic rings. The van der Waals surface area contributed by atoms with Gasteiger partial charge in [0.2, 0.25) is 0 Å². The largest absolute Gasteiger partial charge is 0.458 e. The molecule has 0 bridgehead atoms. The summed E-state index contributed by atoms with van der Waals surface area (Å²) in [4.78, 5) is 43.4. The van der Waals surface area contributed by atoms with Crippen molar-refractivity contribution in [1.82, 2.24) is 14.2 Å². The Morgan fingerprint density at radius 1 is 1.22 bits per heavy atom. The van der Waals surface area contributed by atoms with Crippen LogP contribution in [0, 0.1) is 0 Å². The van der Waals surface area contributed by atoms with E-state index in [0.717, 1.165) is 16.5 Å². The predicted molar refractivity (Wildman–Crippen MR) is 142 cm³/mol. The maximum Gasteiger partial charge on any atom is 0.344 e. The van der Waals surface area contributed by atoms with Gasteiger partial charge in [0.1, 0.15) is 6.61 Å². The van der Waals surface area contributed by atoms with E-state index in [0.29, 0.717) is 29.1 Å². The summed E-state index contributed by atoms with van der Waals surface area (Å²) in [6.07, 6.45) is 0.142. The molecule has 5 rings (SSSR count). The van der Waals surface area contributed by atoms with E-state index in [-0.39, 0.29) is 30.7 Å². The van der Waals surface area contributed by atoms with Crippen molar-refractivity contribution in [3.63, 3.8) is 0 Å². The standard InChI is InChI=1S/C26H30N3O5PS/c1-6-26(34-35(32,36)29(15(2)3)16(4)5)20-12-22-23-18(11-17-9-7-8-10-21(17)27-23)13-28(22)24(30)19(20)14-33-25(26)31/h7-12,15-16H,6,13-14H2,1-5H3,(H,32,36)/t26-,35?/m0/s1. The Morgan fingerprint density at radius 2 is 1.92 bits per heavy atom. The van der Waals surface area contributed by atoms with Crippen LogP contribution in [0.4, 0.5) is 0 Å². The van der Waals surface area contributed by atoms with E-state index in [2.05, 4.69) is 0 Å². The molecule has 190 valence electrons. The molecule has 8 nitrogen and oxygen atoms in total. The summed E-state index contributed by atoms with van der Waals surface area (Å²) in [6, 6.07) is 11.4. The van der Waals surface area contributed by atoms with Crippen LogP contribution in [0.2, 0.25) is 0 Å². The van der Waals surface area contributed by atoms with Gasteiger partial charge in [-0.1, -0.05) is 25.1 Å². The number of aromatic nitrogens is 2. The topological polar surface area (TPSA) is 93.9 Å². The summed E-state index contributed by atoms with van der Waals surface area (Å²) >= 11 is 5.63. The van der Waals surface area contributed by atoms with Crippen LogP contribution in [-0.4, -0.2) is 37.2 Å². The number of fused-ring (bicyclic) bond motifs is 5. The van der Waals surface area contributed by atoms with E-state index in [1.54, 1.807) is 22.2 Å². The van der Waals surface area contributed by atoms with Crippen LogP contribution < -0.4 is 5.56 Å². The second-order valence-electron chi connectivity index (χ2n) is 9.91. The lowest BCUT2D eigenvalue weighted by Crippen LogP contribution is -2.47. The molecule has 2 atom stereocenters. The molecule has 0 amide bonds. The minimum absolute atomic E-state index is 0.121. The number of rotatable bonds is 6. The third-order valence-corrected chi connectivity index (χ3v) is 9.86. The highest BCUT2D eigenvalue weighted by Crippen LogP contribution is 2.57. The van der Waals surface area contributed by atoms with Gasteiger partial charge in [-0.15, -0.1) is 0 Å². The highest BCUT2D eigenvalue weighted by atomic mass is 32.5. The van der Waals surface area contributed by atoms with Gasteiger partial charge >= 0.3 is 5.97 Å². The lowest BCUT2D eigenvalue weighted by atomic mass is 9.86. The molecule has 3 aromatic rings. The number of cyclic esters (lactones) is 1. The van der Waals surface area contributed by atoms with Crippen molar-refractivity contribution in [2.45, 2.75) is 71.9 Å². The van der Waals surface area contributed by atoms with Crippen LogP contribution in [0.25, 0.3) is 22.3 Å². The number of carbonyl (C=O) groups excluding carboxylic acids is 1. The molecule has 36 heavy (non-hydrogen) atoms. The predicted octanol–water partition coefficient (Wildman–Crippen LogP) is 4.44. The highest BCUT2D eigenvalue weighted by molar-refractivity contribution is 8.08. The smallest absolute Gasteiger partial charge is 0.344 e. The van der Waals surface area contributed by atoms with Crippen molar-refractivity contribution in [3.05, 3.63) is 63.4 Å². The fraction of sp³-hybridized carbons (Fsp3) is 0.423. The van der Waals surface area contributed by atoms with Gasteiger partial charge in [-0.2, -0.15) is 0 Å². The van der Waals surface area contributed by atoms with Crippen LogP contribution in [0.3, 0.4) is 0 Å². The van der Waals surface area contributed by atoms with Gasteiger partial charge in [0.25, 0.3) is 12.2 Å². The van der Waals surface area contributed by atoms with Gasteiger partial charge in [0, 0.05) is 28.6 Å². The minimum Gasteiger partial charge on any atom is -0.458 e. The van der Waals surface area contributed by atoms with Crippen LogP contribution >= 0.6 is 6.64 Å². The number of benzene rings is 1. The first-order chi connectivity index (χ1) is 17.0. The Balaban J connectivity index is 1.71. The Kier molecular flexibility index (Phi) is 6.21. The van der Waals surface area contributed by atoms with Gasteiger partial charge in [-0.05, 0) is 64.1 Å². The van der Waals surface area contributed by atoms with E-state index >= 15 is 0 Å². The SMILES string of the molecule is CC[C@@]1(OP(O)(=S)N(C(C)C)C(C)C)C(=O)OCc2c1cc1n(c2=O)Cc2cc3ccccc3nc2-1. The number of carbonyl (C=O) groups is 1. The summed E-state index contributed by atoms with van der Waals surface area (Å²) in [5.41, 5.74) is 1.86. The number of hydrogen-bond donors (Lipinski definition) is 1. The van der Waals surface area contributed by atoms with E-state index in [1.807, 2.05) is 58.0 Å². The van der Waals surface area contributed by atoms with Crippen molar-refractivity contribution >= 4 is 35.3 Å². The fourth-order valence-corrected chi connectivity index (χ4v) is 8.98. The molecular weight excluding hydrogens is 497 g/mol. The average Bonchev–Trinajstić information content (AvgIpc) is 3.16. The first kappa shape index (κ1) is 25.2. The summed E-state index contributed by atoms with van der Waals surface area (Å²) in [6.45, 7) is 6.01. The number of hydrogen-bond acceptors (Lipinski definition) is 6. The molecule has 1 aromatic carbocycles. The Bertz CT molecular complexity index is 1490. The zero-order chi connectivity index (χ0) is 26.0. The molecule has 10 heteroatoms. The van der Waals surface area contributed by atoms with Crippen LogP contribution in [0.5, 0.6) is 0 Å². The van der Waals surface area contributed by atoms with Crippen molar-refractivity contribution < 1.29 is 18.9 Å². The fourth-order valence-electron chi connectivity index (χ4n) is 5.49. The van der Waals surface area contributed by atoms with E-state index < -0.39 is 18.2 Å². The monoisotopic (exact) mass is 527 g/mol. The number of pyridine rings is 2. The zero-order valence-corrected chi connectivity index (χ0v) is 22.7. The van der Waals surface area contributed by atoms with Crippen molar-refractivity contribution in [2.75, 3.05) is 0 Å². The van der Waals surface area contributed by atoms with E-state index in [9.17, 15) is 14.5 Å². The molecule has 0 spiro atoms. The maximum absolute atomic E-state index is 13.7. The number of nitrogens with zero attached hydrogens (tertiary/aromatic N) is 3. The summed E-state index contributed by atoms with van der Waals surface area (Å²) in [5, 5.41) is 0.995. The molecule has 0 radical (unpaired) electrons. The Morgan fingerprint density at radius 3 is 2.58 bits per heavy atom. The van der Waals surface area contributed by atoms with Crippen molar-refractivity contribution in [3.8, 4) is 11.4 Å². The second-order valence-corrected chi connectivity index (χ2v) is 13.0. The van der Waals surface area contributed by atoms with Crippen molar-refractivity contribution in [1.29, 1.82) is 0 Å². The first-order valence-corrected chi connectivity index (χ1v) is 14.8. The maximum atomic E-state index is 13.7. The molecule has 0 saturated heterocycles. The van der Waals surface area contributed by atoms with Crippen LogP contribution in [0.15, 0.2) is 41.2 Å². The quantitative estimate of drug-likeness (QED) is 0.291. The normalized spacial score (nSPS) is 20.4. The third-order valence-electron chi connectivity index (χ3n) is 7.01. The van der Waals surface area contributed by atoms with Crippen molar-refractivity contribution in [2.24, 2.45) is 0 Å². The summed E-state index contributed by atoms with van der Waals surface area (Å²) in [5.74, 6) is -0.651. The highest BCUT2D eigenvalue weighted by Gasteiger charge is 2.52. The Labute approximate surface area is 215 Å². The number of esters is 1. The second kappa shape index (κ2) is 8.85. The molecular formula is C26H30N3O5PS. The Hall–Kier alpha value is -2.42. The molecule has 2 aliphatic heterocycles. The first-order valence-electron chi connectivity index (χ1n) is 12.2. The van der Waals surface area contributed by atoms with Crippen LogP contribution in [-0.2, 0) is 44.6 Å². The third kappa shape index (κ3) is 3.76. The molecule has 0 aliphatic carbocycles. The molecule has 2 aromatic heterocycles. The average molecular weight is 528 g/mol. The van der Waals surface area contributed by atoms with Gasteiger partial charge in [0.05, 0.1) is 29.0 Å². The summed E-state index contributed by atoms with van der Waals surface area (Å²) in [7, 11) is 0. The van der Waals surface area contributed by atoms with E-state index in [1.165, 1.54) is 0 Å². The number of ether oxygens (including phenoxy) is 1. The molecule has 0 saturated carbocycles. The van der Waals surface area contributed by atoms with Gasteiger partial charge < -0.3 is 14.2 Å². The number of para-hydroxylation sites is 1. The molecule has 1 N–H and O–H groups in total. The molecule has 1 unspecified atom stereocenters. The van der Waals surface area contributed by atoms with Gasteiger partial charge in [-0.25, -0.2) is 14.4 Å². The minimum atomic E-state index is -3.65. The van der Waals surface area contributed by atoms with Gasteiger partial charge in [0.15, 0.2) is 5.60 Å². The zero-order valence-electron chi connectivity index (χ0n) is 21.0. The molecule has 4 heterocycles. The lowest BCUT2D eigenvalue weighted by molar-refractivity contribution is -0.169. The van der Waals surface area contributed by atoms with Crippen LogP contribution in [0.1, 0.15) is 57.7 Å². The summed E-state index contributed by atoms with van der Waals surface area (Å²) < 4.78 is 15.1. The van der Waals surface area contributed by atoms with Gasteiger partial charge in [-0.3, -0.25) is 9.32 Å².